The number of esters is 1. The van der Waals surface area contributed by atoms with Crippen LogP contribution in [-0.4, -0.2) is 28.2 Å². The van der Waals surface area contributed by atoms with Gasteiger partial charge in [-0.2, -0.15) is 13.2 Å². The summed E-state index contributed by atoms with van der Waals surface area (Å²) in [4.78, 5) is 17.9. The molecule has 0 amide bonds. The molecule has 37 heavy (non-hydrogen) atoms. The van der Waals surface area contributed by atoms with E-state index in [0.29, 0.717) is 22.2 Å². The maximum absolute atomic E-state index is 14.4. The van der Waals surface area contributed by atoms with Gasteiger partial charge in [-0.3, -0.25) is 0 Å². The van der Waals surface area contributed by atoms with Crippen molar-refractivity contribution in [1.82, 2.24) is 9.55 Å². The average molecular weight is 515 g/mol. The summed E-state index contributed by atoms with van der Waals surface area (Å²) < 4.78 is 68.3. The van der Waals surface area contributed by atoms with Gasteiger partial charge in [0.15, 0.2) is 0 Å². The molecule has 0 aliphatic heterocycles. The van der Waals surface area contributed by atoms with Crippen LogP contribution in [-0.2, 0) is 17.5 Å². The third-order valence-corrected chi connectivity index (χ3v) is 5.93. The third kappa shape index (κ3) is 5.16. The molecule has 4 rings (SSSR count). The lowest BCUT2D eigenvalue weighted by molar-refractivity contribution is -0.137. The zero-order chi connectivity index (χ0) is 27.1. The fourth-order valence-electron chi connectivity index (χ4n) is 4.24. The third-order valence-electron chi connectivity index (χ3n) is 5.93. The number of nitrogens with zero attached hydrogens (tertiary/aromatic N) is 2. The maximum atomic E-state index is 14.4. The quantitative estimate of drug-likeness (QED) is 0.209. The van der Waals surface area contributed by atoms with Crippen LogP contribution in [0.25, 0.3) is 22.0 Å². The highest BCUT2D eigenvalue weighted by Crippen LogP contribution is 2.42. The minimum atomic E-state index is -4.61. The Morgan fingerprint density at radius 1 is 1.05 bits per heavy atom. The second-order valence-corrected chi connectivity index (χ2v) is 9.63. The number of hydrogen-bond donors (Lipinski definition) is 0. The molecule has 5 nitrogen and oxygen atoms in total. The minimum Gasteiger partial charge on any atom is -0.481 e. The molecular weight excluding hydrogens is 488 g/mol. The Labute approximate surface area is 211 Å². The second-order valence-electron chi connectivity index (χ2n) is 9.63. The van der Waals surface area contributed by atoms with Crippen LogP contribution in [0.5, 0.6) is 5.88 Å². The summed E-state index contributed by atoms with van der Waals surface area (Å²) in [6.45, 7) is 6.71. The van der Waals surface area contributed by atoms with Gasteiger partial charge in [-0.1, -0.05) is 12.1 Å². The molecule has 0 aliphatic carbocycles. The highest BCUT2D eigenvalue weighted by Gasteiger charge is 2.34. The summed E-state index contributed by atoms with van der Waals surface area (Å²) in [5, 5.41) is 0.163. The van der Waals surface area contributed by atoms with Gasteiger partial charge in [0, 0.05) is 34.8 Å². The normalized spacial score (nSPS) is 12.1. The average Bonchev–Trinajstić information content (AvgIpc) is 3.13. The maximum Gasteiger partial charge on any atom is 0.416 e. The monoisotopic (exact) mass is 514 g/mol. The van der Waals surface area contributed by atoms with Crippen LogP contribution >= 0.6 is 0 Å². The van der Waals surface area contributed by atoms with Crippen LogP contribution in [0, 0.1) is 12.7 Å². The first-order chi connectivity index (χ1) is 17.3. The molecule has 4 aromatic rings. The molecule has 0 radical (unpaired) electrons. The van der Waals surface area contributed by atoms with E-state index in [0.717, 1.165) is 12.1 Å². The summed E-state index contributed by atoms with van der Waals surface area (Å²) in [6, 6.07) is 11.1. The number of carbonyl (C=O) groups is 1. The molecule has 0 atom stereocenters. The molecule has 2 aromatic carbocycles. The number of fused-ring (bicyclic) bond motifs is 1. The molecule has 0 bridgehead atoms. The smallest absolute Gasteiger partial charge is 0.416 e. The van der Waals surface area contributed by atoms with Gasteiger partial charge in [0.05, 0.1) is 12.7 Å². The second kappa shape index (κ2) is 9.53. The van der Waals surface area contributed by atoms with E-state index in [1.54, 1.807) is 56.5 Å². The van der Waals surface area contributed by atoms with Gasteiger partial charge in [-0.15, -0.1) is 0 Å². The molecule has 2 heterocycles. The van der Waals surface area contributed by atoms with E-state index < -0.39 is 29.1 Å². The van der Waals surface area contributed by atoms with Gasteiger partial charge >= 0.3 is 12.1 Å². The number of hydrogen-bond acceptors (Lipinski definition) is 4. The standard InChI is InChI=1S/C28H26F4N2O3/c1-16-17(8-6-10-21(16)29)15-34-22-12-11-18(28(30,31)32)14-20(22)23(19-9-7-13-33-25(19)36-5)24(34)26(35)37-27(2,3)4/h6-14H,15H2,1-5H3. The van der Waals surface area contributed by atoms with E-state index in [2.05, 4.69) is 4.98 Å². The number of methoxy groups -OCH3 is 1. The molecule has 0 unspecified atom stereocenters. The lowest BCUT2D eigenvalue weighted by Crippen LogP contribution is -2.26. The number of aromatic nitrogens is 2. The largest absolute Gasteiger partial charge is 0.481 e. The van der Waals surface area contributed by atoms with Crippen LogP contribution < -0.4 is 4.74 Å². The fourth-order valence-corrected chi connectivity index (χ4v) is 4.24. The van der Waals surface area contributed by atoms with Crippen molar-refractivity contribution in [2.45, 2.75) is 46.0 Å². The number of benzene rings is 2. The molecule has 2 aromatic heterocycles. The van der Waals surface area contributed by atoms with E-state index >= 15 is 0 Å². The Morgan fingerprint density at radius 2 is 1.78 bits per heavy atom. The summed E-state index contributed by atoms with van der Waals surface area (Å²) in [5.41, 5.74) is 0.0367. The van der Waals surface area contributed by atoms with Gasteiger partial charge in [0.1, 0.15) is 17.1 Å². The SMILES string of the molecule is COc1ncccc1-c1c(C(=O)OC(C)(C)C)n(Cc2cccc(F)c2C)c2ccc(C(F)(F)F)cc12. The van der Waals surface area contributed by atoms with Crippen LogP contribution in [0.3, 0.4) is 0 Å². The van der Waals surface area contributed by atoms with Crippen LogP contribution in [0.2, 0.25) is 0 Å². The lowest BCUT2D eigenvalue weighted by atomic mass is 10.0. The van der Waals surface area contributed by atoms with E-state index in [9.17, 15) is 22.4 Å². The summed E-state index contributed by atoms with van der Waals surface area (Å²) >= 11 is 0. The summed E-state index contributed by atoms with van der Waals surface area (Å²) in [6.07, 6.45) is -3.14. The minimum absolute atomic E-state index is 0.0132. The molecule has 0 spiro atoms. The van der Waals surface area contributed by atoms with Gasteiger partial charge in [0.2, 0.25) is 5.88 Å². The van der Waals surface area contributed by atoms with Gasteiger partial charge in [0.25, 0.3) is 0 Å². The molecule has 0 aliphatic rings. The molecule has 0 fully saturated rings. The molecule has 194 valence electrons. The van der Waals surface area contributed by atoms with E-state index in [4.69, 9.17) is 9.47 Å². The number of alkyl halides is 3. The van der Waals surface area contributed by atoms with Gasteiger partial charge in [-0.05, 0) is 75.2 Å². The van der Waals surface area contributed by atoms with E-state index in [-0.39, 0.29) is 29.1 Å². The van der Waals surface area contributed by atoms with Gasteiger partial charge < -0.3 is 14.0 Å². The number of pyridine rings is 1. The topological polar surface area (TPSA) is 53.4 Å². The zero-order valence-electron chi connectivity index (χ0n) is 21.0. The Morgan fingerprint density at radius 3 is 2.43 bits per heavy atom. The molecule has 0 saturated carbocycles. The number of rotatable bonds is 5. The van der Waals surface area contributed by atoms with Gasteiger partial charge in [-0.25, -0.2) is 14.2 Å². The van der Waals surface area contributed by atoms with E-state index in [1.165, 1.54) is 25.4 Å². The number of carbonyl (C=O) groups excluding carboxylic acids is 1. The van der Waals surface area contributed by atoms with Crippen molar-refractivity contribution in [1.29, 1.82) is 0 Å². The number of ether oxygens (including phenoxy) is 2. The van der Waals surface area contributed by atoms with Crippen molar-refractivity contribution in [3.05, 3.63) is 82.9 Å². The Balaban J connectivity index is 2.13. The first-order valence-corrected chi connectivity index (χ1v) is 11.5. The molecule has 9 heteroatoms. The first-order valence-electron chi connectivity index (χ1n) is 11.5. The van der Waals surface area contributed by atoms with Crippen molar-refractivity contribution in [2.75, 3.05) is 7.11 Å². The van der Waals surface area contributed by atoms with Crippen molar-refractivity contribution in [2.24, 2.45) is 0 Å². The molecular formula is C28H26F4N2O3. The van der Waals surface area contributed by atoms with Crippen LogP contribution in [0.1, 0.15) is 48.0 Å². The van der Waals surface area contributed by atoms with Crippen molar-refractivity contribution < 1.29 is 31.8 Å². The highest BCUT2D eigenvalue weighted by atomic mass is 19.4. The first kappa shape index (κ1) is 26.2. The molecule has 0 saturated heterocycles. The van der Waals surface area contributed by atoms with E-state index in [1.807, 2.05) is 0 Å². The Kier molecular flexibility index (Phi) is 6.75. The van der Waals surface area contributed by atoms with Crippen molar-refractivity contribution in [3.63, 3.8) is 0 Å². The lowest BCUT2D eigenvalue weighted by Gasteiger charge is -2.21. The summed E-state index contributed by atoms with van der Waals surface area (Å²) in [5.74, 6) is -1.04. The Hall–Kier alpha value is -3.88. The fraction of sp³-hybridized carbons (Fsp3) is 0.286. The summed E-state index contributed by atoms with van der Waals surface area (Å²) in [7, 11) is 1.38. The van der Waals surface area contributed by atoms with Crippen molar-refractivity contribution in [3.8, 4) is 17.0 Å². The predicted molar refractivity (Wildman–Crippen MR) is 132 cm³/mol. The van der Waals surface area contributed by atoms with Crippen LogP contribution in [0.15, 0.2) is 54.7 Å². The highest BCUT2D eigenvalue weighted by molar-refractivity contribution is 6.09. The zero-order valence-corrected chi connectivity index (χ0v) is 21.0. The molecule has 0 N–H and O–H groups in total. The van der Waals surface area contributed by atoms with Crippen molar-refractivity contribution >= 4 is 16.9 Å². The Bertz CT molecular complexity index is 1480. The predicted octanol–water partition coefficient (Wildman–Crippen LogP) is 7.18. The number of halogens is 4. The van der Waals surface area contributed by atoms with Crippen LogP contribution in [0.4, 0.5) is 17.6 Å².